The van der Waals surface area contributed by atoms with Crippen LogP contribution in [0, 0.1) is 5.92 Å². The molecule has 0 amide bonds. The van der Waals surface area contributed by atoms with E-state index in [0.29, 0.717) is 25.7 Å². The van der Waals surface area contributed by atoms with Crippen LogP contribution in [-0.2, 0) is 65.4 Å². The number of esters is 4. The van der Waals surface area contributed by atoms with E-state index in [9.17, 15) is 43.2 Å². The summed E-state index contributed by atoms with van der Waals surface area (Å²) in [6, 6.07) is 0. The molecule has 19 heteroatoms. The Morgan fingerprint density at radius 2 is 0.675 bits per heavy atom. The number of allylic oxidation sites excluding steroid dienone is 4. The Morgan fingerprint density at radius 1 is 0.388 bits per heavy atom. The summed E-state index contributed by atoms with van der Waals surface area (Å²) in [4.78, 5) is 71.7. The van der Waals surface area contributed by atoms with Crippen molar-refractivity contribution < 1.29 is 80.2 Å². The molecule has 3 N–H and O–H groups in total. The molecule has 0 heterocycles. The van der Waals surface area contributed by atoms with Crippen LogP contribution >= 0.6 is 15.6 Å². The number of aliphatic hydroxyl groups is 1. The van der Waals surface area contributed by atoms with Gasteiger partial charge in [0.2, 0.25) is 0 Å². The van der Waals surface area contributed by atoms with E-state index in [2.05, 4.69) is 58.9 Å². The molecule has 2 unspecified atom stereocenters. The zero-order valence-electron chi connectivity index (χ0n) is 50.7. The van der Waals surface area contributed by atoms with Gasteiger partial charge in [0.05, 0.1) is 26.4 Å². The quantitative estimate of drug-likeness (QED) is 0.0169. The molecule has 17 nitrogen and oxygen atoms in total. The van der Waals surface area contributed by atoms with Crippen molar-refractivity contribution in [1.82, 2.24) is 0 Å². The number of hydrogen-bond acceptors (Lipinski definition) is 15. The lowest BCUT2D eigenvalue weighted by molar-refractivity contribution is -0.161. The zero-order chi connectivity index (χ0) is 59.2. The van der Waals surface area contributed by atoms with Gasteiger partial charge in [0, 0.05) is 25.7 Å². The van der Waals surface area contributed by atoms with Crippen LogP contribution < -0.4 is 0 Å². The Bertz CT molecular complexity index is 1660. The number of ether oxygens (including phenoxy) is 4. The maximum atomic E-state index is 12.9. The SMILES string of the molecule is CCCCCC/C=C\C=C/CCCCCCCC(=O)O[C@H](COC(=O)CCCCCCCCCCCC(C)C)COP(=O)(O)OC[C@@H](O)COP(=O)(O)OC[C@@H](COC(=O)CCCCCCC)OC(=O)CCCCCCCCCC. The molecule has 0 aromatic heterocycles. The normalized spacial score (nSPS) is 14.5. The Balaban J connectivity index is 5.21. The average molecular weight is 1180 g/mol. The third-order valence-electron chi connectivity index (χ3n) is 13.4. The molecule has 0 aliphatic heterocycles. The lowest BCUT2D eigenvalue weighted by atomic mass is 10.0. The predicted octanol–water partition coefficient (Wildman–Crippen LogP) is 16.2. The maximum absolute atomic E-state index is 12.9. The van der Waals surface area contributed by atoms with Gasteiger partial charge in [-0.25, -0.2) is 9.13 Å². The van der Waals surface area contributed by atoms with E-state index in [-0.39, 0.29) is 25.7 Å². The molecular formula is C61H114O17P2. The number of phosphoric acid groups is 2. The van der Waals surface area contributed by atoms with Crippen molar-refractivity contribution in [2.45, 2.75) is 297 Å². The van der Waals surface area contributed by atoms with E-state index in [4.69, 9.17) is 37.0 Å². The average Bonchev–Trinajstić information content (AvgIpc) is 3.42. The van der Waals surface area contributed by atoms with E-state index < -0.39 is 97.5 Å². The van der Waals surface area contributed by atoms with E-state index in [1.54, 1.807) is 0 Å². The number of aliphatic hydroxyl groups excluding tert-OH is 1. The van der Waals surface area contributed by atoms with Gasteiger partial charge < -0.3 is 33.8 Å². The van der Waals surface area contributed by atoms with E-state index in [1.165, 1.54) is 77.0 Å². The van der Waals surface area contributed by atoms with Crippen LogP contribution in [0.4, 0.5) is 0 Å². The van der Waals surface area contributed by atoms with Gasteiger partial charge in [-0.15, -0.1) is 0 Å². The van der Waals surface area contributed by atoms with Crippen molar-refractivity contribution in [2.75, 3.05) is 39.6 Å². The number of phosphoric ester groups is 2. The molecule has 5 atom stereocenters. The summed E-state index contributed by atoms with van der Waals surface area (Å²) in [5, 5.41) is 10.5. The second-order valence-electron chi connectivity index (χ2n) is 21.9. The minimum absolute atomic E-state index is 0.0844. The summed E-state index contributed by atoms with van der Waals surface area (Å²) in [6.07, 6.45) is 40.2. The van der Waals surface area contributed by atoms with Crippen LogP contribution in [0.3, 0.4) is 0 Å². The summed E-state index contributed by atoms with van der Waals surface area (Å²) in [7, 11) is -9.88. The molecule has 0 aromatic carbocycles. The highest BCUT2D eigenvalue weighted by atomic mass is 31.2. The largest absolute Gasteiger partial charge is 0.472 e. The first-order valence-electron chi connectivity index (χ1n) is 31.5. The van der Waals surface area contributed by atoms with Gasteiger partial charge >= 0.3 is 39.5 Å². The fraction of sp³-hybridized carbons (Fsp3) is 0.869. The van der Waals surface area contributed by atoms with Gasteiger partial charge in [0.1, 0.15) is 19.3 Å². The van der Waals surface area contributed by atoms with Crippen molar-refractivity contribution in [3.05, 3.63) is 24.3 Å². The van der Waals surface area contributed by atoms with Crippen molar-refractivity contribution in [3.63, 3.8) is 0 Å². The van der Waals surface area contributed by atoms with Crippen LogP contribution in [0.5, 0.6) is 0 Å². The smallest absolute Gasteiger partial charge is 0.462 e. The minimum Gasteiger partial charge on any atom is -0.462 e. The Labute approximate surface area is 484 Å². The third kappa shape index (κ3) is 54.8. The fourth-order valence-electron chi connectivity index (χ4n) is 8.51. The summed E-state index contributed by atoms with van der Waals surface area (Å²) in [5.74, 6) is -1.44. The molecule has 0 spiro atoms. The molecule has 0 bridgehead atoms. The fourth-order valence-corrected chi connectivity index (χ4v) is 10.1. The van der Waals surface area contributed by atoms with Crippen LogP contribution in [0.2, 0.25) is 0 Å². The van der Waals surface area contributed by atoms with E-state index in [0.717, 1.165) is 121 Å². The van der Waals surface area contributed by atoms with E-state index >= 15 is 0 Å². The molecule has 470 valence electrons. The Hall–Kier alpha value is -2.46. The number of rotatable bonds is 59. The highest BCUT2D eigenvalue weighted by molar-refractivity contribution is 7.47. The molecular weight excluding hydrogens is 1070 g/mol. The summed E-state index contributed by atoms with van der Waals surface area (Å²) in [6.45, 7) is 6.96. The Kier molecular flexibility index (Phi) is 52.8. The molecule has 0 rings (SSSR count). The van der Waals surface area contributed by atoms with Gasteiger partial charge in [-0.1, -0.05) is 226 Å². The van der Waals surface area contributed by atoms with Crippen molar-refractivity contribution in [1.29, 1.82) is 0 Å². The van der Waals surface area contributed by atoms with Gasteiger partial charge in [-0.3, -0.25) is 37.3 Å². The number of carbonyl (C=O) groups is 4. The second kappa shape index (κ2) is 54.5. The summed E-state index contributed by atoms with van der Waals surface area (Å²) < 4.78 is 67.6. The van der Waals surface area contributed by atoms with Gasteiger partial charge in [-0.05, 0) is 57.3 Å². The molecule has 0 radical (unpaired) electrons. The number of unbranched alkanes of at least 4 members (excludes halogenated alkanes) is 28. The maximum Gasteiger partial charge on any atom is 0.472 e. The summed E-state index contributed by atoms with van der Waals surface area (Å²) >= 11 is 0. The van der Waals surface area contributed by atoms with Crippen LogP contribution in [-0.4, -0.2) is 96.7 Å². The molecule has 0 aliphatic rings. The minimum atomic E-state index is -4.95. The van der Waals surface area contributed by atoms with Crippen LogP contribution in [0.25, 0.3) is 0 Å². The Morgan fingerprint density at radius 3 is 1.02 bits per heavy atom. The lowest BCUT2D eigenvalue weighted by Gasteiger charge is -2.21. The predicted molar refractivity (Wildman–Crippen MR) is 317 cm³/mol. The standard InChI is InChI=1S/C61H114O17P2/c1-6-9-12-15-17-19-20-21-22-23-24-27-32-37-42-47-61(66)78-57(51-72-59(64)45-40-35-31-28-25-26-29-34-38-43-54(4)5)53-76-80(69,70)74-49-55(62)48-73-79(67,68)75-52-56(50-71-58(63)44-39-33-14-11-8-3)77-60(65)46-41-36-30-18-16-13-10-7-2/h19-22,54-57,62H,6-18,23-53H2,1-5H3,(H,67,68)(H,69,70)/b20-19-,22-21-/t55-,56+,57+/m0/s1. The third-order valence-corrected chi connectivity index (χ3v) is 15.3. The molecule has 80 heavy (non-hydrogen) atoms. The molecule has 0 saturated carbocycles. The molecule has 0 aromatic rings. The first-order valence-corrected chi connectivity index (χ1v) is 34.4. The monoisotopic (exact) mass is 1180 g/mol. The number of carbonyl (C=O) groups excluding carboxylic acids is 4. The van der Waals surface area contributed by atoms with Crippen molar-refractivity contribution >= 4 is 39.5 Å². The second-order valence-corrected chi connectivity index (χ2v) is 24.8. The van der Waals surface area contributed by atoms with Crippen LogP contribution in [0.1, 0.15) is 279 Å². The van der Waals surface area contributed by atoms with Gasteiger partial charge in [0.25, 0.3) is 0 Å². The van der Waals surface area contributed by atoms with E-state index in [1.807, 2.05) is 0 Å². The zero-order valence-corrected chi connectivity index (χ0v) is 52.5. The topological polar surface area (TPSA) is 237 Å². The molecule has 0 aliphatic carbocycles. The van der Waals surface area contributed by atoms with Gasteiger partial charge in [0.15, 0.2) is 12.2 Å². The first-order chi connectivity index (χ1) is 38.5. The van der Waals surface area contributed by atoms with Crippen LogP contribution in [0.15, 0.2) is 24.3 Å². The van der Waals surface area contributed by atoms with Crippen molar-refractivity contribution in [3.8, 4) is 0 Å². The summed E-state index contributed by atoms with van der Waals surface area (Å²) in [5.41, 5.74) is 0. The first kappa shape index (κ1) is 77.5. The lowest BCUT2D eigenvalue weighted by Crippen LogP contribution is -2.30. The highest BCUT2D eigenvalue weighted by Gasteiger charge is 2.30. The number of hydrogen-bond donors (Lipinski definition) is 3. The molecule has 0 saturated heterocycles. The highest BCUT2D eigenvalue weighted by Crippen LogP contribution is 2.45. The van der Waals surface area contributed by atoms with Gasteiger partial charge in [-0.2, -0.15) is 0 Å². The van der Waals surface area contributed by atoms with Crippen molar-refractivity contribution in [2.24, 2.45) is 5.92 Å². The molecule has 0 fully saturated rings.